The number of hydrogen-bond acceptors (Lipinski definition) is 3. The first-order valence-electron chi connectivity index (χ1n) is 10.3. The minimum absolute atomic E-state index is 0.0794. The van der Waals surface area contributed by atoms with Crippen LogP contribution in [-0.4, -0.2) is 35.3 Å². The molecule has 2 N–H and O–H groups in total. The van der Waals surface area contributed by atoms with Crippen molar-refractivity contribution in [3.05, 3.63) is 65.7 Å². The zero-order chi connectivity index (χ0) is 21.4. The molecule has 0 aliphatic rings. The lowest BCUT2D eigenvalue weighted by Crippen LogP contribution is -2.42. The van der Waals surface area contributed by atoms with E-state index in [1.165, 1.54) is 0 Å². The van der Waals surface area contributed by atoms with Crippen molar-refractivity contribution in [2.75, 3.05) is 18.4 Å². The average molecular weight is 396 g/mol. The van der Waals surface area contributed by atoms with Gasteiger partial charge in [0.05, 0.1) is 0 Å². The van der Waals surface area contributed by atoms with Crippen molar-refractivity contribution in [3.8, 4) is 0 Å². The second-order valence-corrected chi connectivity index (χ2v) is 7.79. The minimum Gasteiger partial charge on any atom is -0.347 e. The number of benzene rings is 2. The zero-order valence-corrected chi connectivity index (χ0v) is 18.2. The zero-order valence-electron chi connectivity index (χ0n) is 18.2. The molecule has 29 heavy (non-hydrogen) atoms. The third kappa shape index (κ3) is 6.16. The Morgan fingerprint density at radius 1 is 0.931 bits per heavy atom. The van der Waals surface area contributed by atoms with Gasteiger partial charge in [0.25, 0.3) is 5.91 Å². The SMILES string of the molecule is CCN(CC)C(C(=O)Nc1ccc(C(=O)NC(C)(C)CC)cc1)c1ccccc1. The Bertz CT molecular complexity index is 797. The highest BCUT2D eigenvalue weighted by atomic mass is 16.2. The Hall–Kier alpha value is -2.66. The number of carbonyl (C=O) groups is 2. The van der Waals surface area contributed by atoms with Crippen LogP contribution in [0.2, 0.25) is 0 Å². The van der Waals surface area contributed by atoms with E-state index in [4.69, 9.17) is 0 Å². The summed E-state index contributed by atoms with van der Waals surface area (Å²) in [5.74, 6) is -0.191. The van der Waals surface area contributed by atoms with Crippen LogP contribution in [-0.2, 0) is 4.79 Å². The molecule has 5 nitrogen and oxygen atoms in total. The fourth-order valence-electron chi connectivity index (χ4n) is 3.14. The van der Waals surface area contributed by atoms with Crippen molar-refractivity contribution in [2.45, 2.75) is 52.6 Å². The molecule has 0 aromatic heterocycles. The molecule has 0 bridgehead atoms. The number of carbonyl (C=O) groups excluding carboxylic acids is 2. The van der Waals surface area contributed by atoms with E-state index >= 15 is 0 Å². The first kappa shape index (κ1) is 22.6. The van der Waals surface area contributed by atoms with Crippen LogP contribution in [0.3, 0.4) is 0 Å². The van der Waals surface area contributed by atoms with E-state index in [0.29, 0.717) is 11.3 Å². The third-order valence-electron chi connectivity index (χ3n) is 5.29. The predicted octanol–water partition coefficient (Wildman–Crippen LogP) is 4.63. The largest absolute Gasteiger partial charge is 0.347 e. The minimum atomic E-state index is -0.362. The highest BCUT2D eigenvalue weighted by molar-refractivity contribution is 5.97. The Morgan fingerprint density at radius 3 is 2.03 bits per heavy atom. The van der Waals surface area contributed by atoms with Crippen molar-refractivity contribution in [2.24, 2.45) is 0 Å². The number of likely N-dealkylation sites (N-methyl/N-ethyl adjacent to an activating group) is 1. The van der Waals surface area contributed by atoms with Gasteiger partial charge in [-0.2, -0.15) is 0 Å². The predicted molar refractivity (Wildman–Crippen MR) is 119 cm³/mol. The number of amides is 2. The van der Waals surface area contributed by atoms with Crippen LogP contribution in [0.1, 0.15) is 63.0 Å². The van der Waals surface area contributed by atoms with Crippen LogP contribution in [0, 0.1) is 0 Å². The lowest BCUT2D eigenvalue weighted by molar-refractivity contribution is -0.121. The summed E-state index contributed by atoms with van der Waals surface area (Å²) in [5.41, 5.74) is 1.96. The van der Waals surface area contributed by atoms with Crippen molar-refractivity contribution in [1.82, 2.24) is 10.2 Å². The molecule has 2 aromatic carbocycles. The molecule has 156 valence electrons. The molecule has 2 amide bonds. The molecule has 2 rings (SSSR count). The Kier molecular flexibility index (Phi) is 7.97. The number of rotatable bonds is 9. The molecule has 0 aliphatic heterocycles. The molecule has 0 radical (unpaired) electrons. The van der Waals surface area contributed by atoms with Gasteiger partial charge in [-0.1, -0.05) is 51.1 Å². The number of hydrogen-bond donors (Lipinski definition) is 2. The summed E-state index contributed by atoms with van der Waals surface area (Å²) in [7, 11) is 0. The smallest absolute Gasteiger partial charge is 0.251 e. The Labute approximate surface area is 174 Å². The normalized spacial score (nSPS) is 12.5. The summed E-state index contributed by atoms with van der Waals surface area (Å²) in [4.78, 5) is 27.6. The van der Waals surface area contributed by atoms with Crippen LogP contribution in [0.15, 0.2) is 54.6 Å². The van der Waals surface area contributed by atoms with E-state index in [2.05, 4.69) is 29.4 Å². The van der Waals surface area contributed by atoms with Crippen molar-refractivity contribution >= 4 is 17.5 Å². The summed E-state index contributed by atoms with van der Waals surface area (Å²) >= 11 is 0. The molecule has 0 saturated heterocycles. The summed E-state index contributed by atoms with van der Waals surface area (Å²) in [6.07, 6.45) is 0.846. The second kappa shape index (κ2) is 10.2. The van der Waals surface area contributed by atoms with Crippen LogP contribution in [0.4, 0.5) is 5.69 Å². The summed E-state index contributed by atoms with van der Waals surface area (Å²) in [6, 6.07) is 16.5. The Morgan fingerprint density at radius 2 is 1.52 bits per heavy atom. The molecule has 1 atom stereocenters. The molecular formula is C24H33N3O2. The van der Waals surface area contributed by atoms with Crippen molar-refractivity contribution < 1.29 is 9.59 Å². The lowest BCUT2D eigenvalue weighted by Gasteiger charge is -2.29. The van der Waals surface area contributed by atoms with Gasteiger partial charge in [-0.05, 0) is 63.2 Å². The van der Waals surface area contributed by atoms with Gasteiger partial charge in [0.2, 0.25) is 5.91 Å². The number of anilines is 1. The Balaban J connectivity index is 2.15. The molecule has 1 unspecified atom stereocenters. The van der Waals surface area contributed by atoms with Gasteiger partial charge < -0.3 is 10.6 Å². The molecule has 0 aliphatic carbocycles. The maximum absolute atomic E-state index is 13.1. The van der Waals surface area contributed by atoms with Gasteiger partial charge in [0.1, 0.15) is 6.04 Å². The van der Waals surface area contributed by atoms with Crippen LogP contribution in [0.25, 0.3) is 0 Å². The molecule has 0 fully saturated rings. The molecular weight excluding hydrogens is 362 g/mol. The van der Waals surface area contributed by atoms with E-state index < -0.39 is 0 Å². The highest BCUT2D eigenvalue weighted by Gasteiger charge is 2.26. The van der Waals surface area contributed by atoms with Gasteiger partial charge in [-0.3, -0.25) is 14.5 Å². The number of nitrogens with one attached hydrogen (secondary N) is 2. The van der Waals surface area contributed by atoms with E-state index in [-0.39, 0.29) is 23.4 Å². The standard InChI is InChI=1S/C24H33N3O2/c1-6-24(4,5)26-22(28)19-14-16-20(17-15-19)25-23(29)21(27(7-2)8-3)18-12-10-9-11-13-18/h9-17,21H,6-8H2,1-5H3,(H,25,29)(H,26,28). The molecule has 0 heterocycles. The van der Waals surface area contributed by atoms with Crippen molar-refractivity contribution in [1.29, 1.82) is 0 Å². The van der Waals surface area contributed by atoms with E-state index in [1.807, 2.05) is 51.1 Å². The average Bonchev–Trinajstić information content (AvgIpc) is 2.72. The lowest BCUT2D eigenvalue weighted by atomic mass is 10.0. The number of nitrogens with zero attached hydrogens (tertiary/aromatic N) is 1. The molecule has 0 saturated carbocycles. The van der Waals surface area contributed by atoms with E-state index in [1.54, 1.807) is 24.3 Å². The van der Waals surface area contributed by atoms with E-state index in [0.717, 1.165) is 25.1 Å². The fraction of sp³-hybridized carbons (Fsp3) is 0.417. The first-order valence-corrected chi connectivity index (χ1v) is 10.3. The van der Waals surface area contributed by atoms with Crippen molar-refractivity contribution in [3.63, 3.8) is 0 Å². The van der Waals surface area contributed by atoms with Gasteiger partial charge in [-0.25, -0.2) is 0 Å². The summed E-state index contributed by atoms with van der Waals surface area (Å²) in [6.45, 7) is 11.7. The first-order chi connectivity index (χ1) is 13.8. The van der Waals surface area contributed by atoms with Gasteiger partial charge in [-0.15, -0.1) is 0 Å². The topological polar surface area (TPSA) is 61.4 Å². The van der Waals surface area contributed by atoms with Gasteiger partial charge in [0, 0.05) is 16.8 Å². The molecule has 5 heteroatoms. The second-order valence-electron chi connectivity index (χ2n) is 7.79. The van der Waals surface area contributed by atoms with E-state index in [9.17, 15) is 9.59 Å². The maximum Gasteiger partial charge on any atom is 0.251 e. The molecule has 2 aromatic rings. The quantitative estimate of drug-likeness (QED) is 0.651. The fourth-order valence-corrected chi connectivity index (χ4v) is 3.14. The summed E-state index contributed by atoms with van der Waals surface area (Å²) < 4.78 is 0. The van der Waals surface area contributed by atoms with Crippen LogP contribution < -0.4 is 10.6 Å². The van der Waals surface area contributed by atoms with Gasteiger partial charge in [0.15, 0.2) is 0 Å². The maximum atomic E-state index is 13.1. The van der Waals surface area contributed by atoms with Crippen LogP contribution >= 0.6 is 0 Å². The molecule has 0 spiro atoms. The van der Waals surface area contributed by atoms with Gasteiger partial charge >= 0.3 is 0 Å². The third-order valence-corrected chi connectivity index (χ3v) is 5.29. The summed E-state index contributed by atoms with van der Waals surface area (Å²) in [5, 5.41) is 6.02. The monoisotopic (exact) mass is 395 g/mol. The van der Waals surface area contributed by atoms with Crippen LogP contribution in [0.5, 0.6) is 0 Å². The highest BCUT2D eigenvalue weighted by Crippen LogP contribution is 2.23.